The van der Waals surface area contributed by atoms with Gasteiger partial charge in [-0.05, 0) is 31.4 Å². The Morgan fingerprint density at radius 3 is 2.47 bits per heavy atom. The highest BCUT2D eigenvalue weighted by atomic mass is 35.5. The van der Waals surface area contributed by atoms with Crippen molar-refractivity contribution in [2.45, 2.75) is 40.1 Å². The van der Waals surface area contributed by atoms with E-state index in [4.69, 9.17) is 11.6 Å². The number of rotatable bonds is 3. The second-order valence-electron chi connectivity index (χ2n) is 4.39. The molecule has 0 amide bonds. The van der Waals surface area contributed by atoms with Crippen molar-refractivity contribution < 1.29 is 0 Å². The van der Waals surface area contributed by atoms with E-state index in [0.717, 1.165) is 23.4 Å². The van der Waals surface area contributed by atoms with Gasteiger partial charge >= 0.3 is 0 Å². The standard InChI is InChI=1S/C12H18ClNO/c1-8(2)7-14-10(4)5-9(3)11(6-13)12(14)15/h5,8H,6-7H2,1-4H3. The summed E-state index contributed by atoms with van der Waals surface area (Å²) < 4.78 is 1.81. The van der Waals surface area contributed by atoms with E-state index in [0.29, 0.717) is 11.8 Å². The first-order valence-corrected chi connectivity index (χ1v) is 5.76. The Kier molecular flexibility index (Phi) is 3.97. The minimum absolute atomic E-state index is 0.0659. The van der Waals surface area contributed by atoms with Crippen LogP contribution >= 0.6 is 11.6 Å². The first-order valence-electron chi connectivity index (χ1n) is 5.23. The number of hydrogen-bond acceptors (Lipinski definition) is 1. The second-order valence-corrected chi connectivity index (χ2v) is 4.66. The molecule has 0 bridgehead atoms. The molecule has 0 saturated carbocycles. The molecular formula is C12H18ClNO. The van der Waals surface area contributed by atoms with Crippen LogP contribution in [0, 0.1) is 19.8 Å². The molecule has 0 spiro atoms. The van der Waals surface area contributed by atoms with Gasteiger partial charge in [0, 0.05) is 17.8 Å². The lowest BCUT2D eigenvalue weighted by Crippen LogP contribution is -2.28. The maximum Gasteiger partial charge on any atom is 0.255 e. The Morgan fingerprint density at radius 1 is 1.40 bits per heavy atom. The Morgan fingerprint density at radius 2 is 2.00 bits per heavy atom. The number of alkyl halides is 1. The largest absolute Gasteiger partial charge is 0.312 e. The van der Waals surface area contributed by atoms with E-state index in [1.54, 1.807) is 0 Å². The van der Waals surface area contributed by atoms with E-state index in [1.807, 2.05) is 24.5 Å². The van der Waals surface area contributed by atoms with Crippen molar-refractivity contribution in [3.05, 3.63) is 33.2 Å². The van der Waals surface area contributed by atoms with Gasteiger partial charge < -0.3 is 4.57 Å². The molecule has 0 aliphatic carbocycles. The van der Waals surface area contributed by atoms with Gasteiger partial charge in [0.15, 0.2) is 0 Å². The molecule has 0 aliphatic heterocycles. The smallest absolute Gasteiger partial charge is 0.255 e. The summed E-state index contributed by atoms with van der Waals surface area (Å²) in [6.07, 6.45) is 0. The average molecular weight is 228 g/mol. The highest BCUT2D eigenvalue weighted by Crippen LogP contribution is 2.10. The predicted octanol–water partition coefficient (Wildman–Crippen LogP) is 2.86. The molecule has 0 unspecified atom stereocenters. The minimum atomic E-state index is 0.0659. The fourth-order valence-electron chi connectivity index (χ4n) is 1.72. The molecule has 1 aromatic heterocycles. The third-order valence-electron chi connectivity index (χ3n) is 2.51. The molecule has 0 N–H and O–H groups in total. The summed E-state index contributed by atoms with van der Waals surface area (Å²) in [6, 6.07) is 2.03. The van der Waals surface area contributed by atoms with E-state index >= 15 is 0 Å². The zero-order chi connectivity index (χ0) is 11.6. The molecule has 0 aromatic carbocycles. The number of hydrogen-bond donors (Lipinski definition) is 0. The summed E-state index contributed by atoms with van der Waals surface area (Å²) in [5.41, 5.74) is 2.80. The summed E-state index contributed by atoms with van der Waals surface area (Å²) in [5.74, 6) is 0.760. The van der Waals surface area contributed by atoms with Crippen LogP contribution in [0.3, 0.4) is 0 Å². The van der Waals surface area contributed by atoms with Crippen LogP contribution in [0.5, 0.6) is 0 Å². The molecule has 1 rings (SSSR count). The molecule has 84 valence electrons. The quantitative estimate of drug-likeness (QED) is 0.728. The molecule has 0 radical (unpaired) electrons. The monoisotopic (exact) mass is 227 g/mol. The van der Waals surface area contributed by atoms with Gasteiger partial charge in [0.25, 0.3) is 5.56 Å². The van der Waals surface area contributed by atoms with Gasteiger partial charge in [-0.15, -0.1) is 11.6 Å². The molecule has 1 heterocycles. The van der Waals surface area contributed by atoms with Gasteiger partial charge in [0.1, 0.15) is 0 Å². The van der Waals surface area contributed by atoms with Gasteiger partial charge in [-0.1, -0.05) is 13.8 Å². The third-order valence-corrected chi connectivity index (χ3v) is 2.78. The van der Waals surface area contributed by atoms with Crippen LogP contribution in [0.4, 0.5) is 0 Å². The zero-order valence-corrected chi connectivity index (χ0v) is 10.6. The van der Waals surface area contributed by atoms with E-state index in [1.165, 1.54) is 0 Å². The van der Waals surface area contributed by atoms with E-state index in [9.17, 15) is 4.79 Å². The fourth-order valence-corrected chi connectivity index (χ4v) is 2.05. The van der Waals surface area contributed by atoms with Crippen molar-refractivity contribution in [1.82, 2.24) is 4.57 Å². The van der Waals surface area contributed by atoms with Gasteiger partial charge in [-0.2, -0.15) is 0 Å². The van der Waals surface area contributed by atoms with Crippen LogP contribution in [-0.2, 0) is 12.4 Å². The molecule has 0 saturated heterocycles. The van der Waals surface area contributed by atoms with E-state index in [2.05, 4.69) is 13.8 Å². The molecule has 0 aliphatic rings. The van der Waals surface area contributed by atoms with Crippen LogP contribution < -0.4 is 5.56 Å². The highest BCUT2D eigenvalue weighted by molar-refractivity contribution is 6.17. The summed E-state index contributed by atoms with van der Waals surface area (Å²) in [7, 11) is 0. The topological polar surface area (TPSA) is 22.0 Å². The van der Waals surface area contributed by atoms with Crippen molar-refractivity contribution in [3.63, 3.8) is 0 Å². The lowest BCUT2D eigenvalue weighted by atomic mass is 10.1. The summed E-state index contributed by atoms with van der Waals surface area (Å²) in [6.45, 7) is 8.87. The molecule has 3 heteroatoms. The van der Waals surface area contributed by atoms with Crippen LogP contribution in [-0.4, -0.2) is 4.57 Å². The predicted molar refractivity (Wildman–Crippen MR) is 64.6 cm³/mol. The Balaban J connectivity index is 3.33. The van der Waals surface area contributed by atoms with Gasteiger partial charge in [-0.3, -0.25) is 4.79 Å². The van der Waals surface area contributed by atoms with Crippen molar-refractivity contribution >= 4 is 11.6 Å². The highest BCUT2D eigenvalue weighted by Gasteiger charge is 2.10. The van der Waals surface area contributed by atoms with E-state index < -0.39 is 0 Å². The molecule has 2 nitrogen and oxygen atoms in total. The maximum absolute atomic E-state index is 12.1. The summed E-state index contributed by atoms with van der Waals surface area (Å²) in [5, 5.41) is 0. The number of nitrogens with zero attached hydrogens (tertiary/aromatic N) is 1. The Bertz CT molecular complexity index is 407. The third kappa shape index (κ3) is 2.63. The van der Waals surface area contributed by atoms with Gasteiger partial charge in [0.2, 0.25) is 0 Å². The maximum atomic E-state index is 12.1. The van der Waals surface area contributed by atoms with Crippen LogP contribution in [0.2, 0.25) is 0 Å². The Labute approximate surface area is 95.9 Å². The number of aromatic nitrogens is 1. The Hall–Kier alpha value is -0.760. The average Bonchev–Trinajstić information content (AvgIpc) is 2.12. The molecular weight excluding hydrogens is 210 g/mol. The minimum Gasteiger partial charge on any atom is -0.312 e. The number of pyridine rings is 1. The lowest BCUT2D eigenvalue weighted by Gasteiger charge is -2.15. The number of halogens is 1. The van der Waals surface area contributed by atoms with Gasteiger partial charge in [-0.25, -0.2) is 0 Å². The lowest BCUT2D eigenvalue weighted by molar-refractivity contribution is 0.500. The second kappa shape index (κ2) is 4.84. The first kappa shape index (κ1) is 12.3. The number of aryl methyl sites for hydroxylation is 2. The zero-order valence-electron chi connectivity index (χ0n) is 9.80. The molecule has 1 aromatic rings. The summed E-state index contributed by atoms with van der Waals surface area (Å²) >= 11 is 5.79. The van der Waals surface area contributed by atoms with Crippen molar-refractivity contribution in [3.8, 4) is 0 Å². The van der Waals surface area contributed by atoms with Crippen LogP contribution in [0.25, 0.3) is 0 Å². The summed E-state index contributed by atoms with van der Waals surface area (Å²) in [4.78, 5) is 12.1. The van der Waals surface area contributed by atoms with Gasteiger partial charge in [0.05, 0.1) is 5.88 Å². The van der Waals surface area contributed by atoms with Crippen LogP contribution in [0.15, 0.2) is 10.9 Å². The van der Waals surface area contributed by atoms with Crippen molar-refractivity contribution in [1.29, 1.82) is 0 Å². The fraction of sp³-hybridized carbons (Fsp3) is 0.583. The molecule has 15 heavy (non-hydrogen) atoms. The normalized spacial score (nSPS) is 11.1. The van der Waals surface area contributed by atoms with Crippen molar-refractivity contribution in [2.75, 3.05) is 0 Å². The van der Waals surface area contributed by atoms with Crippen molar-refractivity contribution in [2.24, 2.45) is 5.92 Å². The molecule has 0 atom stereocenters. The van der Waals surface area contributed by atoms with E-state index in [-0.39, 0.29) is 5.56 Å². The first-order chi connectivity index (χ1) is 6.97. The SMILES string of the molecule is Cc1cc(C)n(CC(C)C)c(=O)c1CCl. The van der Waals surface area contributed by atoms with Crippen LogP contribution in [0.1, 0.15) is 30.7 Å². The molecule has 0 fully saturated rings.